The van der Waals surface area contributed by atoms with E-state index in [-0.39, 0.29) is 12.1 Å². The highest BCUT2D eigenvalue weighted by molar-refractivity contribution is 5.96. The van der Waals surface area contributed by atoms with Gasteiger partial charge < -0.3 is 9.47 Å². The molecule has 0 bridgehead atoms. The molecule has 1 aromatic carbocycles. The van der Waals surface area contributed by atoms with Crippen molar-refractivity contribution in [3.8, 4) is 11.3 Å². The second kappa shape index (κ2) is 7.59. The number of morpholine rings is 1. The Bertz CT molecular complexity index is 678. The van der Waals surface area contributed by atoms with Gasteiger partial charge in [-0.05, 0) is 6.92 Å². The number of nitrogens with zero attached hydrogens (tertiary/aromatic N) is 3. The third kappa shape index (κ3) is 4.01. The van der Waals surface area contributed by atoms with E-state index in [1.165, 1.54) is 0 Å². The van der Waals surface area contributed by atoms with Crippen LogP contribution in [0.2, 0.25) is 0 Å². The highest BCUT2D eigenvalue weighted by atomic mass is 16.5. The largest absolute Gasteiger partial charge is 0.458 e. The van der Waals surface area contributed by atoms with Crippen molar-refractivity contribution in [2.24, 2.45) is 7.05 Å². The van der Waals surface area contributed by atoms with Crippen molar-refractivity contribution in [2.45, 2.75) is 13.0 Å². The summed E-state index contributed by atoms with van der Waals surface area (Å²) in [4.78, 5) is 14.8. The summed E-state index contributed by atoms with van der Waals surface area (Å²) in [5, 5.41) is 4.41. The number of hydrogen-bond donors (Lipinski definition) is 0. The van der Waals surface area contributed by atoms with Gasteiger partial charge in [0.05, 0.1) is 13.2 Å². The molecule has 128 valence electrons. The molecular formula is C18H23N3O3. The number of rotatable bonds is 5. The van der Waals surface area contributed by atoms with Crippen molar-refractivity contribution in [3.63, 3.8) is 0 Å². The lowest BCUT2D eigenvalue weighted by Crippen LogP contribution is -2.41. The van der Waals surface area contributed by atoms with E-state index in [2.05, 4.69) is 10.00 Å². The predicted octanol–water partition coefficient (Wildman–Crippen LogP) is 1.96. The van der Waals surface area contributed by atoms with Crippen molar-refractivity contribution in [1.82, 2.24) is 14.7 Å². The first kappa shape index (κ1) is 16.7. The topological polar surface area (TPSA) is 56.6 Å². The third-order valence-corrected chi connectivity index (χ3v) is 4.02. The molecule has 3 rings (SSSR count). The van der Waals surface area contributed by atoms with Crippen LogP contribution in [-0.4, -0.2) is 59.6 Å². The lowest BCUT2D eigenvalue weighted by atomic mass is 10.1. The predicted molar refractivity (Wildman–Crippen MR) is 90.8 cm³/mol. The molecule has 1 atom stereocenters. The Morgan fingerprint density at radius 3 is 2.71 bits per heavy atom. The van der Waals surface area contributed by atoms with Crippen LogP contribution in [0.5, 0.6) is 0 Å². The summed E-state index contributed by atoms with van der Waals surface area (Å²) < 4.78 is 12.6. The highest BCUT2D eigenvalue weighted by Crippen LogP contribution is 2.22. The highest BCUT2D eigenvalue weighted by Gasteiger charge is 2.22. The molecule has 2 heterocycles. The Balaban J connectivity index is 1.68. The Labute approximate surface area is 142 Å². The fourth-order valence-corrected chi connectivity index (χ4v) is 2.88. The Hall–Kier alpha value is -2.18. The van der Waals surface area contributed by atoms with Crippen molar-refractivity contribution in [1.29, 1.82) is 0 Å². The van der Waals surface area contributed by atoms with Gasteiger partial charge in [0.25, 0.3) is 0 Å². The molecule has 0 amide bonds. The van der Waals surface area contributed by atoms with Crippen molar-refractivity contribution >= 4 is 5.97 Å². The molecule has 0 aliphatic carbocycles. The Morgan fingerprint density at radius 2 is 2.00 bits per heavy atom. The molecule has 0 spiro atoms. The van der Waals surface area contributed by atoms with Crippen molar-refractivity contribution in [3.05, 3.63) is 42.1 Å². The molecule has 24 heavy (non-hydrogen) atoms. The number of benzene rings is 1. The number of ether oxygens (including phenoxy) is 2. The SMILES string of the molecule is C[C@@H](CN1CCOCC1)OC(=O)c1cn(C)nc1-c1ccccc1. The minimum atomic E-state index is -0.331. The molecule has 1 saturated heterocycles. The van der Waals surface area contributed by atoms with Crippen LogP contribution in [0.25, 0.3) is 11.3 Å². The first-order valence-corrected chi connectivity index (χ1v) is 8.23. The summed E-state index contributed by atoms with van der Waals surface area (Å²) in [5.74, 6) is -0.331. The van der Waals surface area contributed by atoms with Gasteiger partial charge in [-0.2, -0.15) is 5.10 Å². The van der Waals surface area contributed by atoms with Crippen LogP contribution in [-0.2, 0) is 16.5 Å². The van der Waals surface area contributed by atoms with Crippen LogP contribution < -0.4 is 0 Å². The van der Waals surface area contributed by atoms with E-state index in [1.807, 2.05) is 37.3 Å². The monoisotopic (exact) mass is 329 g/mol. The zero-order valence-corrected chi connectivity index (χ0v) is 14.1. The fraction of sp³-hybridized carbons (Fsp3) is 0.444. The van der Waals surface area contributed by atoms with Crippen LogP contribution in [0.1, 0.15) is 17.3 Å². The molecule has 6 heteroatoms. The maximum Gasteiger partial charge on any atom is 0.342 e. The van der Waals surface area contributed by atoms with Gasteiger partial charge in [-0.3, -0.25) is 9.58 Å². The second-order valence-electron chi connectivity index (χ2n) is 6.06. The minimum Gasteiger partial charge on any atom is -0.458 e. The van der Waals surface area contributed by atoms with Gasteiger partial charge in [0, 0.05) is 38.4 Å². The molecule has 1 fully saturated rings. The van der Waals surface area contributed by atoms with E-state index in [0.717, 1.165) is 38.4 Å². The van der Waals surface area contributed by atoms with Crippen LogP contribution in [0.3, 0.4) is 0 Å². The number of aromatic nitrogens is 2. The quantitative estimate of drug-likeness (QED) is 0.785. The summed E-state index contributed by atoms with van der Waals surface area (Å²) in [6, 6.07) is 9.68. The minimum absolute atomic E-state index is 0.181. The number of hydrogen-bond acceptors (Lipinski definition) is 5. The first-order valence-electron chi connectivity index (χ1n) is 8.23. The zero-order chi connectivity index (χ0) is 16.9. The zero-order valence-electron chi connectivity index (χ0n) is 14.1. The van der Waals surface area contributed by atoms with E-state index >= 15 is 0 Å². The summed E-state index contributed by atoms with van der Waals surface area (Å²) in [6.45, 7) is 5.87. The molecule has 6 nitrogen and oxygen atoms in total. The summed E-state index contributed by atoms with van der Waals surface area (Å²) in [5.41, 5.74) is 2.06. The van der Waals surface area contributed by atoms with Gasteiger partial charge in [0.15, 0.2) is 0 Å². The molecule has 1 aromatic heterocycles. The average Bonchev–Trinajstić information content (AvgIpc) is 2.98. The lowest BCUT2D eigenvalue weighted by Gasteiger charge is -2.28. The van der Waals surface area contributed by atoms with Gasteiger partial charge in [0.1, 0.15) is 17.4 Å². The maximum atomic E-state index is 12.6. The number of carbonyl (C=O) groups excluding carboxylic acids is 1. The Morgan fingerprint density at radius 1 is 1.29 bits per heavy atom. The second-order valence-corrected chi connectivity index (χ2v) is 6.06. The molecule has 2 aromatic rings. The maximum absolute atomic E-state index is 12.6. The standard InChI is InChI=1S/C18H23N3O3/c1-14(12-21-8-10-23-11-9-21)24-18(22)16-13-20(2)19-17(16)15-6-4-3-5-7-15/h3-7,13-14H,8-12H2,1-2H3/t14-/m0/s1. The van der Waals surface area contributed by atoms with E-state index in [0.29, 0.717) is 11.3 Å². The van der Waals surface area contributed by atoms with Gasteiger partial charge >= 0.3 is 5.97 Å². The summed E-state index contributed by atoms with van der Waals surface area (Å²) >= 11 is 0. The normalized spacial score (nSPS) is 16.8. The van der Waals surface area contributed by atoms with E-state index in [9.17, 15) is 4.79 Å². The van der Waals surface area contributed by atoms with Gasteiger partial charge in [-0.15, -0.1) is 0 Å². The molecule has 0 radical (unpaired) electrons. The fourth-order valence-electron chi connectivity index (χ4n) is 2.88. The third-order valence-electron chi connectivity index (χ3n) is 4.02. The van der Waals surface area contributed by atoms with Gasteiger partial charge in [0.2, 0.25) is 0 Å². The lowest BCUT2D eigenvalue weighted by molar-refractivity contribution is 0.000487. The number of aryl methyl sites for hydroxylation is 1. The van der Waals surface area contributed by atoms with E-state index in [1.54, 1.807) is 17.9 Å². The van der Waals surface area contributed by atoms with Crippen LogP contribution in [0, 0.1) is 0 Å². The molecule has 0 N–H and O–H groups in total. The van der Waals surface area contributed by atoms with Gasteiger partial charge in [-0.25, -0.2) is 4.79 Å². The molecular weight excluding hydrogens is 306 g/mol. The van der Waals surface area contributed by atoms with Gasteiger partial charge in [-0.1, -0.05) is 30.3 Å². The Kier molecular flexibility index (Phi) is 5.27. The number of esters is 1. The van der Waals surface area contributed by atoms with E-state index < -0.39 is 0 Å². The number of carbonyl (C=O) groups is 1. The molecule has 0 unspecified atom stereocenters. The van der Waals surface area contributed by atoms with Crippen LogP contribution >= 0.6 is 0 Å². The molecule has 1 aliphatic rings. The average molecular weight is 329 g/mol. The van der Waals surface area contributed by atoms with Crippen LogP contribution in [0.15, 0.2) is 36.5 Å². The van der Waals surface area contributed by atoms with E-state index in [4.69, 9.17) is 9.47 Å². The first-order chi connectivity index (χ1) is 11.6. The van der Waals surface area contributed by atoms with Crippen molar-refractivity contribution in [2.75, 3.05) is 32.8 Å². The smallest absolute Gasteiger partial charge is 0.342 e. The van der Waals surface area contributed by atoms with Crippen LogP contribution in [0.4, 0.5) is 0 Å². The summed E-state index contributed by atoms with van der Waals surface area (Å²) in [7, 11) is 1.81. The molecule has 1 aliphatic heterocycles. The molecule has 0 saturated carbocycles. The van der Waals surface area contributed by atoms with Crippen molar-refractivity contribution < 1.29 is 14.3 Å². The summed E-state index contributed by atoms with van der Waals surface area (Å²) in [6.07, 6.45) is 1.53.